The molecule has 20 heavy (non-hydrogen) atoms. The van der Waals surface area contributed by atoms with E-state index < -0.39 is 6.10 Å². The van der Waals surface area contributed by atoms with Gasteiger partial charge in [0.05, 0.1) is 12.3 Å². The van der Waals surface area contributed by atoms with Crippen LogP contribution in [0.4, 0.5) is 4.39 Å². The molecule has 1 amide bonds. The molecule has 0 aliphatic carbocycles. The third-order valence-electron chi connectivity index (χ3n) is 3.27. The summed E-state index contributed by atoms with van der Waals surface area (Å²) < 4.78 is 13.7. The molecular formula is C14H13FN2O2S. The monoisotopic (exact) mass is 292 g/mol. The van der Waals surface area contributed by atoms with Crippen LogP contribution in [0.25, 0.3) is 10.6 Å². The summed E-state index contributed by atoms with van der Waals surface area (Å²) in [5.41, 5.74) is 0.401. The summed E-state index contributed by atoms with van der Waals surface area (Å²) in [7, 11) is 0. The highest BCUT2D eigenvalue weighted by Crippen LogP contribution is 2.28. The highest BCUT2D eigenvalue weighted by molar-refractivity contribution is 7.16. The van der Waals surface area contributed by atoms with Gasteiger partial charge in [-0.25, -0.2) is 9.37 Å². The topological polar surface area (TPSA) is 53.4 Å². The van der Waals surface area contributed by atoms with Crippen LogP contribution in [-0.2, 0) is 0 Å². The smallest absolute Gasteiger partial charge is 0.265 e. The number of benzene rings is 1. The molecule has 6 heteroatoms. The molecule has 1 aromatic heterocycles. The van der Waals surface area contributed by atoms with Crippen molar-refractivity contribution in [2.75, 3.05) is 13.1 Å². The Morgan fingerprint density at radius 3 is 2.95 bits per heavy atom. The van der Waals surface area contributed by atoms with Crippen molar-refractivity contribution in [3.8, 4) is 10.6 Å². The summed E-state index contributed by atoms with van der Waals surface area (Å²) in [5.74, 6) is -0.501. The molecule has 1 fully saturated rings. The molecule has 1 aromatic carbocycles. The third kappa shape index (κ3) is 2.44. The molecule has 0 saturated carbocycles. The number of carbonyl (C=O) groups excluding carboxylic acids is 1. The van der Waals surface area contributed by atoms with Crippen molar-refractivity contribution in [3.05, 3.63) is 41.2 Å². The Hall–Kier alpha value is -1.79. The summed E-state index contributed by atoms with van der Waals surface area (Å²) in [6.07, 6.45) is 1.63. The number of carbonyl (C=O) groups is 1. The number of thiazole rings is 1. The van der Waals surface area contributed by atoms with Gasteiger partial charge in [-0.1, -0.05) is 12.1 Å². The lowest BCUT2D eigenvalue weighted by Gasteiger charge is -2.13. The number of hydrogen-bond acceptors (Lipinski definition) is 4. The average molecular weight is 292 g/mol. The molecule has 4 nitrogen and oxygen atoms in total. The maximum atomic E-state index is 13.7. The van der Waals surface area contributed by atoms with Gasteiger partial charge in [0.1, 0.15) is 15.7 Å². The summed E-state index contributed by atoms with van der Waals surface area (Å²) in [5, 5.41) is 9.95. The van der Waals surface area contributed by atoms with Crippen molar-refractivity contribution in [1.82, 2.24) is 9.88 Å². The van der Waals surface area contributed by atoms with E-state index in [4.69, 9.17) is 0 Å². The van der Waals surface area contributed by atoms with Crippen LogP contribution in [-0.4, -0.2) is 40.1 Å². The van der Waals surface area contributed by atoms with E-state index in [1.807, 2.05) is 0 Å². The number of β-amino-alcohol motifs (C(OH)–C–C–N with tert-alkyl or cyclic N) is 1. The van der Waals surface area contributed by atoms with Crippen molar-refractivity contribution >= 4 is 17.2 Å². The zero-order chi connectivity index (χ0) is 14.1. The van der Waals surface area contributed by atoms with Crippen LogP contribution in [0, 0.1) is 5.82 Å². The van der Waals surface area contributed by atoms with E-state index in [9.17, 15) is 14.3 Å². The van der Waals surface area contributed by atoms with Crippen LogP contribution < -0.4 is 0 Å². The van der Waals surface area contributed by atoms with Crippen molar-refractivity contribution in [3.63, 3.8) is 0 Å². The Labute approximate surface area is 119 Å². The first-order valence-electron chi connectivity index (χ1n) is 6.33. The van der Waals surface area contributed by atoms with E-state index in [1.165, 1.54) is 23.6 Å². The normalized spacial score (nSPS) is 18.5. The minimum absolute atomic E-state index is 0.151. The fraction of sp³-hybridized carbons (Fsp3) is 0.286. The quantitative estimate of drug-likeness (QED) is 0.923. The van der Waals surface area contributed by atoms with E-state index in [0.29, 0.717) is 35.0 Å². The number of rotatable bonds is 2. The zero-order valence-electron chi connectivity index (χ0n) is 10.6. The second-order valence-corrected chi connectivity index (χ2v) is 5.73. The largest absolute Gasteiger partial charge is 0.391 e. The number of nitrogens with zero attached hydrogens (tertiary/aromatic N) is 2. The van der Waals surface area contributed by atoms with Gasteiger partial charge in [-0.2, -0.15) is 0 Å². The van der Waals surface area contributed by atoms with Gasteiger partial charge in [-0.3, -0.25) is 4.79 Å². The molecule has 104 valence electrons. The standard InChI is InChI=1S/C14H13FN2O2S/c15-11-4-2-1-3-10(11)13-16-7-12(20-13)14(19)17-6-5-9(18)8-17/h1-4,7,9,18H,5-6,8H2/t9-/m1/s1. The summed E-state index contributed by atoms with van der Waals surface area (Å²) in [4.78, 5) is 18.4. The number of halogens is 1. The molecule has 0 bridgehead atoms. The molecule has 0 radical (unpaired) electrons. The van der Waals surface area contributed by atoms with Gasteiger partial charge in [-0.15, -0.1) is 11.3 Å². The summed E-state index contributed by atoms with van der Waals surface area (Å²) in [6, 6.07) is 6.36. The summed E-state index contributed by atoms with van der Waals surface area (Å²) in [6.45, 7) is 0.901. The Morgan fingerprint density at radius 1 is 1.45 bits per heavy atom. The predicted molar refractivity (Wildman–Crippen MR) is 74.0 cm³/mol. The lowest BCUT2D eigenvalue weighted by atomic mass is 10.2. The Kier molecular flexibility index (Phi) is 3.50. The van der Waals surface area contributed by atoms with E-state index in [-0.39, 0.29) is 11.7 Å². The van der Waals surface area contributed by atoms with Gasteiger partial charge in [-0.05, 0) is 18.6 Å². The first-order chi connectivity index (χ1) is 9.65. The SMILES string of the molecule is O=C(c1cnc(-c2ccccc2F)s1)N1CC[C@@H](O)C1. The predicted octanol–water partition coefficient (Wildman–Crippen LogP) is 2.16. The number of aromatic nitrogens is 1. The van der Waals surface area contributed by atoms with Crippen LogP contribution in [0.15, 0.2) is 30.5 Å². The molecular weight excluding hydrogens is 279 g/mol. The van der Waals surface area contributed by atoms with Crippen LogP contribution in [0.3, 0.4) is 0 Å². The van der Waals surface area contributed by atoms with Crippen LogP contribution >= 0.6 is 11.3 Å². The molecule has 1 aliphatic rings. The zero-order valence-corrected chi connectivity index (χ0v) is 11.4. The second-order valence-electron chi connectivity index (χ2n) is 4.70. The maximum absolute atomic E-state index is 13.7. The minimum atomic E-state index is -0.446. The molecule has 1 saturated heterocycles. The molecule has 0 spiro atoms. The van der Waals surface area contributed by atoms with E-state index >= 15 is 0 Å². The van der Waals surface area contributed by atoms with E-state index in [2.05, 4.69) is 4.98 Å². The first-order valence-corrected chi connectivity index (χ1v) is 7.15. The molecule has 3 rings (SSSR count). The first kappa shape index (κ1) is 13.2. The molecule has 1 N–H and O–H groups in total. The highest BCUT2D eigenvalue weighted by atomic mass is 32.1. The number of amides is 1. The molecule has 0 unspecified atom stereocenters. The van der Waals surface area contributed by atoms with Crippen molar-refractivity contribution in [2.24, 2.45) is 0 Å². The minimum Gasteiger partial charge on any atom is -0.391 e. The van der Waals surface area contributed by atoms with Gasteiger partial charge < -0.3 is 10.0 Å². The van der Waals surface area contributed by atoms with E-state index in [0.717, 1.165) is 0 Å². The van der Waals surface area contributed by atoms with Crippen molar-refractivity contribution in [1.29, 1.82) is 0 Å². The molecule has 2 heterocycles. The fourth-order valence-electron chi connectivity index (χ4n) is 2.21. The third-order valence-corrected chi connectivity index (χ3v) is 4.29. The van der Waals surface area contributed by atoms with Gasteiger partial charge in [0.2, 0.25) is 0 Å². The van der Waals surface area contributed by atoms with Crippen molar-refractivity contribution in [2.45, 2.75) is 12.5 Å². The number of aliphatic hydroxyl groups excluding tert-OH is 1. The maximum Gasteiger partial charge on any atom is 0.265 e. The lowest BCUT2D eigenvalue weighted by Crippen LogP contribution is -2.28. The molecule has 2 aromatic rings. The number of aliphatic hydroxyl groups is 1. The van der Waals surface area contributed by atoms with E-state index in [1.54, 1.807) is 23.1 Å². The number of likely N-dealkylation sites (tertiary alicyclic amines) is 1. The molecule has 1 atom stereocenters. The highest BCUT2D eigenvalue weighted by Gasteiger charge is 2.26. The summed E-state index contributed by atoms with van der Waals surface area (Å²) >= 11 is 1.17. The Balaban J connectivity index is 1.84. The number of hydrogen-bond donors (Lipinski definition) is 1. The average Bonchev–Trinajstić information content (AvgIpc) is 3.07. The van der Waals surface area contributed by atoms with Crippen LogP contribution in [0.5, 0.6) is 0 Å². The van der Waals surface area contributed by atoms with Gasteiger partial charge in [0.25, 0.3) is 5.91 Å². The Bertz CT molecular complexity index is 644. The Morgan fingerprint density at radius 2 is 2.25 bits per heavy atom. The van der Waals surface area contributed by atoms with Gasteiger partial charge in [0.15, 0.2) is 0 Å². The van der Waals surface area contributed by atoms with Crippen LogP contribution in [0.1, 0.15) is 16.1 Å². The lowest BCUT2D eigenvalue weighted by molar-refractivity contribution is 0.0769. The van der Waals surface area contributed by atoms with Gasteiger partial charge >= 0.3 is 0 Å². The van der Waals surface area contributed by atoms with Crippen LogP contribution in [0.2, 0.25) is 0 Å². The van der Waals surface area contributed by atoms with Gasteiger partial charge in [0, 0.05) is 18.7 Å². The molecule has 1 aliphatic heterocycles. The fourth-order valence-corrected chi connectivity index (χ4v) is 3.13. The second kappa shape index (κ2) is 5.30. The van der Waals surface area contributed by atoms with Crippen molar-refractivity contribution < 1.29 is 14.3 Å².